The molecule has 1 saturated heterocycles. The molecule has 1 N–H and O–H groups in total. The molecule has 9 nitrogen and oxygen atoms in total. The number of pyridine rings is 3. The van der Waals surface area contributed by atoms with Crippen LogP contribution in [0.4, 0.5) is 14.5 Å². The molecule has 0 radical (unpaired) electrons. The normalized spacial score (nSPS) is 16.6. The van der Waals surface area contributed by atoms with E-state index in [1.807, 2.05) is 32.6 Å². The van der Waals surface area contributed by atoms with Gasteiger partial charge in [-0.3, -0.25) is 19.1 Å². The second-order valence-corrected chi connectivity index (χ2v) is 12.9. The summed E-state index contributed by atoms with van der Waals surface area (Å²) >= 11 is 18.5. The lowest BCUT2D eigenvalue weighted by atomic mass is 10.0. The van der Waals surface area contributed by atoms with E-state index in [0.29, 0.717) is 16.9 Å². The van der Waals surface area contributed by atoms with Gasteiger partial charge in [0.25, 0.3) is 5.56 Å². The van der Waals surface area contributed by atoms with Crippen LogP contribution in [0.2, 0.25) is 15.1 Å². The molecule has 14 heteroatoms. The summed E-state index contributed by atoms with van der Waals surface area (Å²) in [5.41, 5.74) is -0.557. The maximum absolute atomic E-state index is 15.6. The van der Waals surface area contributed by atoms with Gasteiger partial charge in [0, 0.05) is 36.8 Å². The fourth-order valence-electron chi connectivity index (χ4n) is 6.25. The van der Waals surface area contributed by atoms with Crippen molar-refractivity contribution in [1.29, 1.82) is 5.26 Å². The number of benzene rings is 1. The van der Waals surface area contributed by atoms with E-state index in [9.17, 15) is 24.3 Å². The number of aromatic hydroxyl groups is 1. The molecule has 0 aliphatic carbocycles. The van der Waals surface area contributed by atoms with Gasteiger partial charge in [0.1, 0.15) is 22.3 Å². The molecule has 4 heterocycles. The fraction of sp³-hybridized carbons (Fsp3) is 0.303. The van der Waals surface area contributed by atoms with Crippen LogP contribution in [0.25, 0.3) is 28.0 Å². The second kappa shape index (κ2) is 12.8. The summed E-state index contributed by atoms with van der Waals surface area (Å²) in [6.45, 7) is 13.2. The molecule has 5 rings (SSSR count). The lowest BCUT2D eigenvalue weighted by molar-refractivity contribution is -0.130. The minimum Gasteiger partial charge on any atom is -0.504 e. The molecule has 0 bridgehead atoms. The maximum atomic E-state index is 15.6. The molecule has 2 atom stereocenters. The van der Waals surface area contributed by atoms with E-state index in [1.54, 1.807) is 24.1 Å². The molecule has 1 fully saturated rings. The average Bonchev–Trinajstić information content (AvgIpc) is 3.02. The summed E-state index contributed by atoms with van der Waals surface area (Å²) in [4.78, 5) is 39.7. The molecular formula is C33H29Cl3F2N6O3. The molecule has 0 spiro atoms. The Balaban J connectivity index is 1.95. The Kier molecular flexibility index (Phi) is 9.25. The third-order valence-electron chi connectivity index (χ3n) is 8.26. The van der Waals surface area contributed by atoms with E-state index < -0.39 is 44.2 Å². The zero-order chi connectivity index (χ0) is 34.6. The number of nitrogens with zero attached hydrogens (tertiary/aromatic N) is 6. The standard InChI is InChI=1S/C33H29Cl3F2N6O3/c1-7-21(45)43-16(5)12-42(13-17(43)6)30-18-10-20(34)28(22-25(37)23(35)24(36)26(38)31(22)46)41-32(18)44(33(47)19(30)11-39)29-15(4)8-9-40-27(29)14(2)3/h7-10,14,16-17,46H,1,12-13H2,2-6H3/t16-,17+. The number of carbonyl (C=O) groups excluding carboxylic acids is 1. The topological polar surface area (TPSA) is 115 Å². The highest BCUT2D eigenvalue weighted by molar-refractivity contribution is 6.42. The first-order valence-corrected chi connectivity index (χ1v) is 15.7. The van der Waals surface area contributed by atoms with Crippen molar-refractivity contribution in [1.82, 2.24) is 19.4 Å². The van der Waals surface area contributed by atoms with Gasteiger partial charge in [0.15, 0.2) is 17.4 Å². The third-order valence-corrected chi connectivity index (χ3v) is 9.35. The molecule has 4 aromatic rings. The van der Waals surface area contributed by atoms with E-state index in [4.69, 9.17) is 34.8 Å². The Morgan fingerprint density at radius 2 is 1.77 bits per heavy atom. The molecule has 1 aliphatic heterocycles. The predicted octanol–water partition coefficient (Wildman–Crippen LogP) is 7.31. The maximum Gasteiger partial charge on any atom is 0.276 e. The number of piperazine rings is 1. The van der Waals surface area contributed by atoms with Crippen LogP contribution in [0, 0.1) is 29.9 Å². The van der Waals surface area contributed by atoms with Crippen LogP contribution in [0.15, 0.2) is 35.8 Å². The lowest BCUT2D eigenvalue weighted by Crippen LogP contribution is -2.58. The molecule has 3 aromatic heterocycles. The number of aryl methyl sites for hydroxylation is 1. The van der Waals surface area contributed by atoms with Crippen LogP contribution < -0.4 is 10.5 Å². The second-order valence-electron chi connectivity index (χ2n) is 11.7. The SMILES string of the molecule is C=CC(=O)N1[C@H](C)CN(c2c(C#N)c(=O)n(-c3c(C)ccnc3C(C)C)c3nc(-c4c(O)c(F)c(Cl)c(Cl)c4F)c(Cl)cc23)C[C@@H]1C. The number of hydrogen-bond acceptors (Lipinski definition) is 7. The molecule has 1 amide bonds. The molecule has 47 heavy (non-hydrogen) atoms. The summed E-state index contributed by atoms with van der Waals surface area (Å²) in [6, 6.07) is 4.43. The summed E-state index contributed by atoms with van der Waals surface area (Å²) < 4.78 is 31.7. The number of halogens is 5. The number of phenolic OH excluding ortho intramolecular Hbond substituents is 1. The smallest absolute Gasteiger partial charge is 0.276 e. The van der Waals surface area contributed by atoms with Crippen LogP contribution in [-0.2, 0) is 4.79 Å². The monoisotopic (exact) mass is 700 g/mol. The Bertz CT molecular complexity index is 2050. The summed E-state index contributed by atoms with van der Waals surface area (Å²) in [5, 5.41) is 19.6. The highest BCUT2D eigenvalue weighted by Gasteiger charge is 2.36. The van der Waals surface area contributed by atoms with E-state index in [0.717, 1.165) is 0 Å². The number of aromatic nitrogens is 3. The van der Waals surface area contributed by atoms with Gasteiger partial charge >= 0.3 is 0 Å². The van der Waals surface area contributed by atoms with Crippen molar-refractivity contribution in [3.63, 3.8) is 0 Å². The van der Waals surface area contributed by atoms with Crippen molar-refractivity contribution in [3.8, 4) is 28.8 Å². The van der Waals surface area contributed by atoms with Gasteiger partial charge in [0.2, 0.25) is 5.91 Å². The number of carbonyl (C=O) groups is 1. The van der Waals surface area contributed by atoms with Gasteiger partial charge in [-0.25, -0.2) is 13.8 Å². The first-order chi connectivity index (χ1) is 22.2. The van der Waals surface area contributed by atoms with E-state index in [2.05, 4.69) is 22.6 Å². The zero-order valence-electron chi connectivity index (χ0n) is 26.0. The fourth-order valence-corrected chi connectivity index (χ4v) is 6.84. The molecule has 1 aliphatic rings. The summed E-state index contributed by atoms with van der Waals surface area (Å²) in [5.74, 6) is -4.29. The van der Waals surface area contributed by atoms with E-state index >= 15 is 4.39 Å². The average molecular weight is 702 g/mol. The molecular weight excluding hydrogens is 673 g/mol. The number of hydrogen-bond donors (Lipinski definition) is 1. The van der Waals surface area contributed by atoms with Gasteiger partial charge in [-0.1, -0.05) is 55.2 Å². The van der Waals surface area contributed by atoms with Crippen molar-refractivity contribution in [3.05, 3.63) is 84.9 Å². The molecule has 0 saturated carbocycles. The third kappa shape index (κ3) is 5.48. The number of anilines is 1. The summed E-state index contributed by atoms with van der Waals surface area (Å²) in [6.07, 6.45) is 2.82. The van der Waals surface area contributed by atoms with Crippen molar-refractivity contribution in [2.45, 2.75) is 52.6 Å². The quantitative estimate of drug-likeness (QED) is 0.132. The highest BCUT2D eigenvalue weighted by Crippen LogP contribution is 2.45. The van der Waals surface area contributed by atoms with Gasteiger partial charge in [-0.05, 0) is 50.5 Å². The molecule has 244 valence electrons. The number of rotatable bonds is 5. The van der Waals surface area contributed by atoms with Crippen LogP contribution in [0.5, 0.6) is 5.75 Å². The minimum absolute atomic E-state index is 0.0726. The first-order valence-electron chi connectivity index (χ1n) is 14.6. The molecule has 1 aromatic carbocycles. The van der Waals surface area contributed by atoms with Gasteiger partial charge < -0.3 is 14.9 Å². The van der Waals surface area contributed by atoms with Crippen LogP contribution in [-0.4, -0.2) is 55.6 Å². The van der Waals surface area contributed by atoms with Gasteiger partial charge in [-0.15, -0.1) is 0 Å². The van der Waals surface area contributed by atoms with Crippen molar-refractivity contribution >= 4 is 57.4 Å². The molecule has 0 unspecified atom stereocenters. The Hall–Kier alpha value is -4.24. The van der Waals surface area contributed by atoms with E-state index in [1.165, 1.54) is 16.7 Å². The zero-order valence-corrected chi connectivity index (χ0v) is 28.3. The summed E-state index contributed by atoms with van der Waals surface area (Å²) in [7, 11) is 0. The van der Waals surface area contributed by atoms with Crippen molar-refractivity contribution in [2.24, 2.45) is 0 Å². The van der Waals surface area contributed by atoms with Crippen LogP contribution in [0.3, 0.4) is 0 Å². The number of nitriles is 1. The van der Waals surface area contributed by atoms with Crippen LogP contribution >= 0.6 is 34.8 Å². The van der Waals surface area contributed by atoms with Crippen molar-refractivity contribution < 1.29 is 18.7 Å². The van der Waals surface area contributed by atoms with Gasteiger partial charge in [-0.2, -0.15) is 5.26 Å². The Morgan fingerprint density at radius 3 is 2.34 bits per heavy atom. The number of fused-ring (bicyclic) bond motifs is 1. The lowest BCUT2D eigenvalue weighted by Gasteiger charge is -2.45. The predicted molar refractivity (Wildman–Crippen MR) is 179 cm³/mol. The largest absolute Gasteiger partial charge is 0.504 e. The Labute approximate surface area is 284 Å². The van der Waals surface area contributed by atoms with Crippen molar-refractivity contribution in [2.75, 3.05) is 18.0 Å². The number of phenols is 1. The van der Waals surface area contributed by atoms with E-state index in [-0.39, 0.29) is 64.3 Å². The highest BCUT2D eigenvalue weighted by atomic mass is 35.5. The first kappa shape index (κ1) is 34.1. The van der Waals surface area contributed by atoms with Crippen LogP contribution in [0.1, 0.15) is 50.4 Å². The Morgan fingerprint density at radius 1 is 1.15 bits per heavy atom. The number of amides is 1. The minimum atomic E-state index is -1.39. The van der Waals surface area contributed by atoms with Gasteiger partial charge in [0.05, 0.1) is 38.4 Å².